The smallest absolute Gasteiger partial charge is 0.744 e. The zero-order valence-electron chi connectivity index (χ0n) is 44.2. The topological polar surface area (TPSA) is 114 Å². The van der Waals surface area contributed by atoms with Crippen molar-refractivity contribution >= 4 is 79.5 Å². The fraction of sp³-hybridized carbons (Fsp3) is 0.667. The first-order valence-electron chi connectivity index (χ1n) is 27.9. The number of fused-ring (bicyclic) bond motifs is 2. The van der Waals surface area contributed by atoms with Gasteiger partial charge < -0.3 is 9.11 Å². The second kappa shape index (κ2) is 38.1. The van der Waals surface area contributed by atoms with Crippen molar-refractivity contribution in [3.8, 4) is 0 Å². The molecule has 0 aromatic heterocycles. The zero-order valence-corrected chi connectivity index (χ0v) is 48.0. The van der Waals surface area contributed by atoms with E-state index in [9.17, 15) is 25.9 Å². The van der Waals surface area contributed by atoms with Crippen molar-refractivity contribution in [3.05, 3.63) is 82.9 Å². The molecule has 0 spiro atoms. The monoisotopic (exact) mass is 1010 g/mol. The summed E-state index contributed by atoms with van der Waals surface area (Å²) >= 11 is 0. The van der Waals surface area contributed by atoms with Gasteiger partial charge in [-0.2, -0.15) is 0 Å². The third-order valence-electron chi connectivity index (χ3n) is 14.0. The van der Waals surface area contributed by atoms with Crippen LogP contribution in [0.4, 0.5) is 0 Å². The minimum Gasteiger partial charge on any atom is -0.744 e. The van der Waals surface area contributed by atoms with Crippen LogP contribution in [0.1, 0.15) is 255 Å². The van der Waals surface area contributed by atoms with E-state index in [2.05, 4.69) is 52.0 Å². The van der Waals surface area contributed by atoms with Gasteiger partial charge in [0.15, 0.2) is 0 Å². The summed E-state index contributed by atoms with van der Waals surface area (Å²) in [5.41, 5.74) is 5.47. The van der Waals surface area contributed by atoms with E-state index in [1.807, 2.05) is 0 Å². The Balaban J connectivity index is 0.000000467. The second-order valence-corrected chi connectivity index (χ2v) is 22.8. The van der Waals surface area contributed by atoms with Gasteiger partial charge in [0.1, 0.15) is 20.2 Å². The van der Waals surface area contributed by atoms with E-state index in [0.717, 1.165) is 47.2 Å². The molecule has 0 fully saturated rings. The van der Waals surface area contributed by atoms with Crippen LogP contribution < -0.4 is 0 Å². The van der Waals surface area contributed by atoms with Crippen LogP contribution in [0.15, 0.2) is 70.5 Å². The zero-order chi connectivity index (χ0) is 49.3. The van der Waals surface area contributed by atoms with Crippen LogP contribution in [0.5, 0.6) is 0 Å². The van der Waals surface area contributed by atoms with Crippen LogP contribution in [0.3, 0.4) is 0 Å². The summed E-state index contributed by atoms with van der Waals surface area (Å²) in [6, 6.07) is 18.3. The Hall–Kier alpha value is -1.52. The largest absolute Gasteiger partial charge is 2.00 e. The van der Waals surface area contributed by atoms with Crippen LogP contribution in [-0.2, 0) is 45.9 Å². The first kappa shape index (κ1) is 63.6. The van der Waals surface area contributed by atoms with Crippen molar-refractivity contribution in [2.45, 2.75) is 269 Å². The third kappa shape index (κ3) is 27.4. The molecule has 0 aliphatic carbocycles. The van der Waals surface area contributed by atoms with E-state index in [4.69, 9.17) is 0 Å². The van der Waals surface area contributed by atoms with Gasteiger partial charge in [0.25, 0.3) is 0 Å². The minimum absolute atomic E-state index is 0. The molecule has 0 atom stereocenters. The number of benzene rings is 4. The van der Waals surface area contributed by atoms with Gasteiger partial charge in [-0.25, -0.2) is 16.8 Å². The molecule has 69 heavy (non-hydrogen) atoms. The van der Waals surface area contributed by atoms with Crippen molar-refractivity contribution in [2.24, 2.45) is 0 Å². The Kier molecular flexibility index (Phi) is 35.1. The molecule has 0 heterocycles. The average Bonchev–Trinajstić information content (AvgIpc) is 3.31. The molecule has 0 amide bonds. The van der Waals surface area contributed by atoms with E-state index in [-0.39, 0.29) is 47.5 Å². The number of rotatable bonds is 38. The molecule has 4 rings (SSSR count). The molecule has 384 valence electrons. The molecular formula is C60H94CaO6S2. The maximum atomic E-state index is 11.5. The first-order chi connectivity index (χ1) is 32.9. The van der Waals surface area contributed by atoms with Gasteiger partial charge in [-0.3, -0.25) is 0 Å². The summed E-state index contributed by atoms with van der Waals surface area (Å²) in [4.78, 5) is -0.261. The number of hydrogen-bond donors (Lipinski definition) is 0. The fourth-order valence-electron chi connectivity index (χ4n) is 9.78. The van der Waals surface area contributed by atoms with Crippen molar-refractivity contribution in [1.29, 1.82) is 0 Å². The van der Waals surface area contributed by atoms with Crippen LogP contribution in [0, 0.1) is 0 Å². The summed E-state index contributed by atoms with van der Waals surface area (Å²) in [6.45, 7) is 9.03. The van der Waals surface area contributed by atoms with E-state index >= 15 is 0 Å². The van der Waals surface area contributed by atoms with Crippen molar-refractivity contribution in [1.82, 2.24) is 0 Å². The molecule has 0 saturated carbocycles. The van der Waals surface area contributed by atoms with Gasteiger partial charge in [0, 0.05) is 0 Å². The summed E-state index contributed by atoms with van der Waals surface area (Å²) < 4.78 is 69.0. The number of aryl methyl sites for hydroxylation is 4. The Morgan fingerprint density at radius 3 is 0.710 bits per heavy atom. The third-order valence-corrected chi connectivity index (χ3v) is 15.7. The minimum atomic E-state index is -4.43. The molecule has 0 bridgehead atoms. The number of hydrogen-bond acceptors (Lipinski definition) is 6. The molecule has 0 N–H and O–H groups in total. The maximum absolute atomic E-state index is 11.5. The predicted octanol–water partition coefficient (Wildman–Crippen LogP) is 17.8. The Morgan fingerprint density at radius 2 is 0.493 bits per heavy atom. The summed E-state index contributed by atoms with van der Waals surface area (Å²) in [7, 11) is -8.86. The van der Waals surface area contributed by atoms with Gasteiger partial charge in [0.2, 0.25) is 0 Å². The summed E-state index contributed by atoms with van der Waals surface area (Å²) in [5, 5.41) is 3.79. The molecule has 0 aliphatic heterocycles. The Bertz CT molecular complexity index is 2030. The van der Waals surface area contributed by atoms with E-state index < -0.39 is 20.2 Å². The van der Waals surface area contributed by atoms with Crippen LogP contribution in [0.25, 0.3) is 21.5 Å². The molecule has 4 aromatic rings. The molecule has 4 aromatic carbocycles. The standard InChI is InChI=1S/2C30H48O3S.Ca/c2*1-3-5-7-9-11-13-15-17-19-26-23-28-21-22-30(34(31,32)33)25-29(28)24-27(26)20-18-16-14-12-10-8-6-4-2;/h2*21-25H,3-20H2,1-2H3,(H,31,32,33);/q;;+2/p-2. The molecule has 0 saturated heterocycles. The molecule has 9 heteroatoms. The van der Waals surface area contributed by atoms with Gasteiger partial charge in [-0.05, 0) is 119 Å². The molecule has 6 nitrogen and oxygen atoms in total. The van der Waals surface area contributed by atoms with E-state index in [1.165, 1.54) is 240 Å². The van der Waals surface area contributed by atoms with Gasteiger partial charge in [0.05, 0.1) is 9.79 Å². The normalized spacial score (nSPS) is 11.8. The van der Waals surface area contributed by atoms with E-state index in [0.29, 0.717) is 0 Å². The van der Waals surface area contributed by atoms with Crippen LogP contribution in [-0.4, -0.2) is 63.7 Å². The van der Waals surface area contributed by atoms with Gasteiger partial charge in [-0.15, -0.1) is 0 Å². The second-order valence-electron chi connectivity index (χ2n) is 20.1. The quantitative estimate of drug-likeness (QED) is 0.0251. The van der Waals surface area contributed by atoms with Crippen molar-refractivity contribution in [3.63, 3.8) is 0 Å². The van der Waals surface area contributed by atoms with Gasteiger partial charge in [-0.1, -0.05) is 244 Å². The number of unbranched alkanes of at least 4 members (excludes halogenated alkanes) is 28. The predicted molar refractivity (Wildman–Crippen MR) is 295 cm³/mol. The van der Waals surface area contributed by atoms with E-state index in [1.54, 1.807) is 24.3 Å². The van der Waals surface area contributed by atoms with Crippen LogP contribution in [0.2, 0.25) is 0 Å². The SMILES string of the molecule is CCCCCCCCCCc1cc2ccc(S(=O)(=O)[O-])cc2cc1CCCCCCCCCC.CCCCCCCCCCc1cc2ccc(S(=O)(=O)[O-])cc2cc1CCCCCCCCCC.[Ca+2]. The molecule has 0 aliphatic rings. The maximum Gasteiger partial charge on any atom is 2.00 e. The first-order valence-corrected chi connectivity index (χ1v) is 30.8. The molecular weight excluding hydrogens is 921 g/mol. The Morgan fingerprint density at radius 1 is 0.290 bits per heavy atom. The van der Waals surface area contributed by atoms with Gasteiger partial charge >= 0.3 is 37.7 Å². The summed E-state index contributed by atoms with van der Waals surface area (Å²) in [5.74, 6) is 0. The molecule has 0 radical (unpaired) electrons. The fourth-order valence-corrected chi connectivity index (χ4v) is 10.8. The molecule has 0 unspecified atom stereocenters. The van der Waals surface area contributed by atoms with Crippen molar-refractivity contribution in [2.75, 3.05) is 0 Å². The Labute approximate surface area is 453 Å². The summed E-state index contributed by atoms with van der Waals surface area (Å²) in [6.07, 6.45) is 46.0. The average molecular weight is 1020 g/mol. The van der Waals surface area contributed by atoms with Crippen LogP contribution >= 0.6 is 0 Å². The van der Waals surface area contributed by atoms with Crippen molar-refractivity contribution < 1.29 is 25.9 Å².